The summed E-state index contributed by atoms with van der Waals surface area (Å²) in [6.45, 7) is 7.07. The number of methoxy groups -OCH3 is 1. The lowest BCUT2D eigenvalue weighted by molar-refractivity contribution is 0.260. The fourth-order valence-corrected chi connectivity index (χ4v) is 3.60. The number of rotatable bonds is 9. The first-order chi connectivity index (χ1) is 12.8. The van der Waals surface area contributed by atoms with E-state index in [-0.39, 0.29) is 24.8 Å². The Morgan fingerprint density at radius 1 is 1.04 bits per heavy atom. The molecule has 6 heteroatoms. The van der Waals surface area contributed by atoms with E-state index in [1.54, 1.807) is 7.11 Å². The first-order valence-corrected chi connectivity index (χ1v) is 9.58. The molecular formula is C22H32Cl2N2O2. The third kappa shape index (κ3) is 6.85. The Morgan fingerprint density at radius 3 is 2.54 bits per heavy atom. The van der Waals surface area contributed by atoms with Gasteiger partial charge < -0.3 is 14.8 Å². The van der Waals surface area contributed by atoms with Crippen molar-refractivity contribution in [3.8, 4) is 11.5 Å². The average molecular weight is 427 g/mol. The number of ether oxygens (including phenoxy) is 2. The van der Waals surface area contributed by atoms with Gasteiger partial charge in [0.05, 0.1) is 7.11 Å². The Kier molecular flexibility index (Phi) is 11.3. The number of benzene rings is 2. The molecule has 4 nitrogen and oxygen atoms in total. The van der Waals surface area contributed by atoms with E-state index in [1.165, 1.54) is 24.9 Å². The smallest absolute Gasteiger partial charge is 0.161 e. The van der Waals surface area contributed by atoms with Crippen molar-refractivity contribution in [1.82, 2.24) is 10.2 Å². The number of likely N-dealkylation sites (tertiary alicyclic amines) is 1. The molecule has 2 aromatic carbocycles. The van der Waals surface area contributed by atoms with Crippen molar-refractivity contribution in [2.75, 3.05) is 26.7 Å². The maximum Gasteiger partial charge on any atom is 0.161 e. The van der Waals surface area contributed by atoms with Gasteiger partial charge in [-0.1, -0.05) is 43.3 Å². The predicted molar refractivity (Wildman–Crippen MR) is 120 cm³/mol. The summed E-state index contributed by atoms with van der Waals surface area (Å²) in [6, 6.07) is 17.0. The lowest BCUT2D eigenvalue weighted by Crippen LogP contribution is -2.37. The number of nitrogens with one attached hydrogen (secondary N) is 1. The highest BCUT2D eigenvalue weighted by Gasteiger charge is 2.22. The Morgan fingerprint density at radius 2 is 1.82 bits per heavy atom. The Labute approximate surface area is 181 Å². The third-order valence-electron chi connectivity index (χ3n) is 5.08. The van der Waals surface area contributed by atoms with Gasteiger partial charge in [-0.2, -0.15) is 0 Å². The zero-order valence-electron chi connectivity index (χ0n) is 16.7. The third-order valence-corrected chi connectivity index (χ3v) is 5.08. The van der Waals surface area contributed by atoms with E-state index in [0.29, 0.717) is 12.6 Å². The van der Waals surface area contributed by atoms with E-state index >= 15 is 0 Å². The van der Waals surface area contributed by atoms with Gasteiger partial charge in [0.2, 0.25) is 0 Å². The fraction of sp³-hybridized carbons (Fsp3) is 0.455. The van der Waals surface area contributed by atoms with Gasteiger partial charge in [0, 0.05) is 19.1 Å². The van der Waals surface area contributed by atoms with E-state index < -0.39 is 0 Å². The highest BCUT2D eigenvalue weighted by Crippen LogP contribution is 2.29. The summed E-state index contributed by atoms with van der Waals surface area (Å²) in [4.78, 5) is 2.56. The molecule has 0 aromatic heterocycles. The molecule has 28 heavy (non-hydrogen) atoms. The molecule has 0 saturated carbocycles. The molecule has 1 fully saturated rings. The van der Waals surface area contributed by atoms with Crippen molar-refractivity contribution in [3.63, 3.8) is 0 Å². The largest absolute Gasteiger partial charge is 0.493 e. The van der Waals surface area contributed by atoms with Crippen molar-refractivity contribution < 1.29 is 9.47 Å². The van der Waals surface area contributed by atoms with Crippen LogP contribution < -0.4 is 14.8 Å². The summed E-state index contributed by atoms with van der Waals surface area (Å²) in [5.74, 6) is 1.57. The van der Waals surface area contributed by atoms with Crippen LogP contribution in [0.15, 0.2) is 48.5 Å². The molecule has 0 aliphatic carbocycles. The van der Waals surface area contributed by atoms with Crippen molar-refractivity contribution in [2.45, 2.75) is 39.0 Å². The summed E-state index contributed by atoms with van der Waals surface area (Å²) in [7, 11) is 1.69. The van der Waals surface area contributed by atoms with Crippen LogP contribution in [0.25, 0.3) is 0 Å². The highest BCUT2D eigenvalue weighted by molar-refractivity contribution is 5.85. The first kappa shape index (κ1) is 24.6. The summed E-state index contributed by atoms with van der Waals surface area (Å²) in [5, 5.41) is 3.60. The molecule has 1 saturated heterocycles. The zero-order valence-corrected chi connectivity index (χ0v) is 18.4. The molecule has 0 amide bonds. The van der Waals surface area contributed by atoms with Crippen LogP contribution in [0.1, 0.15) is 30.9 Å². The summed E-state index contributed by atoms with van der Waals surface area (Å²) >= 11 is 0. The Hall–Kier alpha value is -1.46. The maximum atomic E-state index is 5.93. The van der Waals surface area contributed by atoms with Gasteiger partial charge in [-0.3, -0.25) is 4.90 Å². The maximum absolute atomic E-state index is 5.93. The second-order valence-corrected chi connectivity index (χ2v) is 6.82. The number of likely N-dealkylation sites (N-methyl/N-ethyl adjacent to an activating group) is 1. The van der Waals surface area contributed by atoms with E-state index in [4.69, 9.17) is 9.47 Å². The van der Waals surface area contributed by atoms with Crippen LogP contribution >= 0.6 is 24.8 Å². The molecule has 1 unspecified atom stereocenters. The minimum Gasteiger partial charge on any atom is -0.493 e. The van der Waals surface area contributed by atoms with E-state index in [1.807, 2.05) is 24.3 Å². The summed E-state index contributed by atoms with van der Waals surface area (Å²) in [6.07, 6.45) is 2.62. The molecule has 1 atom stereocenters. The fourth-order valence-electron chi connectivity index (χ4n) is 3.60. The van der Waals surface area contributed by atoms with Gasteiger partial charge in [-0.15, -0.1) is 24.8 Å². The van der Waals surface area contributed by atoms with Gasteiger partial charge in [0.25, 0.3) is 0 Å². The normalized spacial score (nSPS) is 16.1. The van der Waals surface area contributed by atoms with Crippen LogP contribution in [0.3, 0.4) is 0 Å². The molecule has 0 bridgehead atoms. The SMILES string of the molecule is CCN1CCCC1CNCc1ccc(OCc2ccccc2)c(OC)c1.Cl.Cl. The van der Waals surface area contributed by atoms with Crippen LogP contribution in [-0.2, 0) is 13.2 Å². The lowest BCUT2D eigenvalue weighted by atomic mass is 10.1. The highest BCUT2D eigenvalue weighted by atomic mass is 35.5. The second kappa shape index (κ2) is 12.9. The molecule has 1 N–H and O–H groups in total. The molecule has 1 heterocycles. The van der Waals surface area contributed by atoms with Crippen molar-refractivity contribution in [2.24, 2.45) is 0 Å². The molecule has 1 aliphatic rings. The average Bonchev–Trinajstić information content (AvgIpc) is 3.15. The van der Waals surface area contributed by atoms with E-state index in [2.05, 4.69) is 41.4 Å². The molecule has 156 valence electrons. The standard InChI is InChI=1S/C22H30N2O2.2ClH/c1-3-24-13-7-10-20(24)16-23-15-19-11-12-21(22(14-19)25-2)26-17-18-8-5-4-6-9-18;;/h4-6,8-9,11-12,14,20,23H,3,7,10,13,15-17H2,1-2H3;2*1H. The molecule has 0 radical (unpaired) electrons. The van der Waals surface area contributed by atoms with Gasteiger partial charge in [0.15, 0.2) is 11.5 Å². The Bertz CT molecular complexity index is 685. The Balaban J connectivity index is 0.00000196. The summed E-state index contributed by atoms with van der Waals surface area (Å²) in [5.41, 5.74) is 2.37. The van der Waals surface area contributed by atoms with Gasteiger partial charge >= 0.3 is 0 Å². The minimum atomic E-state index is 0. The van der Waals surface area contributed by atoms with Crippen LogP contribution in [-0.4, -0.2) is 37.7 Å². The van der Waals surface area contributed by atoms with Crippen LogP contribution in [0.2, 0.25) is 0 Å². The van der Waals surface area contributed by atoms with Gasteiger partial charge in [-0.05, 0) is 49.2 Å². The zero-order chi connectivity index (χ0) is 18.2. The lowest BCUT2D eigenvalue weighted by Gasteiger charge is -2.23. The van der Waals surface area contributed by atoms with Crippen LogP contribution in [0.4, 0.5) is 0 Å². The predicted octanol–water partition coefficient (Wildman–Crippen LogP) is 4.69. The molecule has 3 rings (SSSR count). The van der Waals surface area contributed by atoms with Crippen LogP contribution in [0.5, 0.6) is 11.5 Å². The first-order valence-electron chi connectivity index (χ1n) is 9.58. The second-order valence-electron chi connectivity index (χ2n) is 6.82. The van der Waals surface area contributed by atoms with E-state index in [0.717, 1.165) is 36.7 Å². The topological polar surface area (TPSA) is 33.7 Å². The van der Waals surface area contributed by atoms with Gasteiger partial charge in [0.1, 0.15) is 6.61 Å². The quantitative estimate of drug-likeness (QED) is 0.630. The summed E-state index contributed by atoms with van der Waals surface area (Å²) < 4.78 is 11.5. The van der Waals surface area contributed by atoms with Crippen molar-refractivity contribution >= 4 is 24.8 Å². The monoisotopic (exact) mass is 426 g/mol. The number of hydrogen-bond acceptors (Lipinski definition) is 4. The van der Waals surface area contributed by atoms with Gasteiger partial charge in [-0.25, -0.2) is 0 Å². The number of hydrogen-bond donors (Lipinski definition) is 1. The number of nitrogens with zero attached hydrogens (tertiary/aromatic N) is 1. The van der Waals surface area contributed by atoms with E-state index in [9.17, 15) is 0 Å². The number of halogens is 2. The molecule has 0 spiro atoms. The van der Waals surface area contributed by atoms with Crippen molar-refractivity contribution in [3.05, 3.63) is 59.7 Å². The molecule has 1 aliphatic heterocycles. The van der Waals surface area contributed by atoms with Crippen molar-refractivity contribution in [1.29, 1.82) is 0 Å². The van der Waals surface area contributed by atoms with Crippen LogP contribution in [0, 0.1) is 0 Å². The molecule has 2 aromatic rings. The minimum absolute atomic E-state index is 0. The molecular weight excluding hydrogens is 395 g/mol.